The summed E-state index contributed by atoms with van der Waals surface area (Å²) in [7, 11) is -2.48. The summed E-state index contributed by atoms with van der Waals surface area (Å²) < 4.78 is 66.2. The third kappa shape index (κ3) is 7.64. The first-order valence-electron chi connectivity index (χ1n) is 9.12. The predicted octanol–water partition coefficient (Wildman–Crippen LogP) is 1.48. The number of phosphoric acid groups is 1. The van der Waals surface area contributed by atoms with Crippen LogP contribution in [0.2, 0.25) is 0 Å². The number of methoxy groups -OCH3 is 2. The first kappa shape index (κ1) is 26.5. The summed E-state index contributed by atoms with van der Waals surface area (Å²) in [6.07, 6.45) is -4.36. The molecule has 1 saturated heterocycles. The van der Waals surface area contributed by atoms with E-state index in [0.717, 1.165) is 18.8 Å². The topological polar surface area (TPSA) is 186 Å². The van der Waals surface area contributed by atoms with Crippen LogP contribution in [-0.4, -0.2) is 68.0 Å². The molecule has 1 aliphatic heterocycles. The van der Waals surface area contributed by atoms with Crippen molar-refractivity contribution in [2.75, 3.05) is 40.1 Å². The number of alkyl halides is 1. The molecule has 2 N–H and O–H groups in total. The van der Waals surface area contributed by atoms with Crippen LogP contribution in [0.4, 0.5) is 19.8 Å². The number of nitrogens with zero attached hydrogens (tertiary/aromatic N) is 2. The molecule has 186 valence electrons. The largest absolute Gasteiger partial charge is 0.510 e. The summed E-state index contributed by atoms with van der Waals surface area (Å²) >= 11 is 0. The lowest BCUT2D eigenvalue weighted by atomic mass is 10.0. The first-order valence-corrected chi connectivity index (χ1v) is 10.6. The fourth-order valence-electron chi connectivity index (χ4n) is 2.59. The second-order valence-corrected chi connectivity index (χ2v) is 8.30. The van der Waals surface area contributed by atoms with Crippen LogP contribution in [0.5, 0.6) is 0 Å². The van der Waals surface area contributed by atoms with Gasteiger partial charge < -0.3 is 29.4 Å². The van der Waals surface area contributed by atoms with Crippen molar-refractivity contribution in [2.24, 2.45) is 0 Å². The molecule has 2 unspecified atom stereocenters. The molecule has 0 amide bonds. The highest BCUT2D eigenvalue weighted by molar-refractivity contribution is 7.48. The number of carbonyl (C=O) groups is 2. The lowest BCUT2D eigenvalue weighted by Gasteiger charge is -2.26. The molecule has 1 aliphatic rings. The van der Waals surface area contributed by atoms with E-state index >= 15 is 0 Å². The fraction of sp³-hybridized carbons (Fsp3) is 0.625. The Balaban J connectivity index is 2.05. The summed E-state index contributed by atoms with van der Waals surface area (Å²) in [5.41, 5.74) is 3.20. The van der Waals surface area contributed by atoms with Crippen molar-refractivity contribution in [3.8, 4) is 0 Å². The summed E-state index contributed by atoms with van der Waals surface area (Å²) in [6, 6.07) is 1.29. The van der Waals surface area contributed by atoms with Crippen LogP contribution in [0.3, 0.4) is 0 Å². The number of hydrogen-bond acceptors (Lipinski definition) is 14. The monoisotopic (exact) mass is 499 g/mol. The average Bonchev–Trinajstić information content (AvgIpc) is 3.06. The molecule has 17 heteroatoms. The number of carbonyl (C=O) groups excluding carboxylic acids is 2. The molecule has 2 heterocycles. The van der Waals surface area contributed by atoms with Gasteiger partial charge in [-0.2, -0.15) is 4.98 Å². The number of nitrogens with two attached hydrogens (primary N) is 1. The zero-order chi connectivity index (χ0) is 24.6. The number of hydrogen-bond donors (Lipinski definition) is 1. The van der Waals surface area contributed by atoms with Crippen LogP contribution in [0.1, 0.15) is 19.6 Å². The van der Waals surface area contributed by atoms with Crippen LogP contribution in [0, 0.1) is 0 Å². The van der Waals surface area contributed by atoms with Crippen LogP contribution in [0.15, 0.2) is 17.1 Å². The molecule has 0 spiro atoms. The molecule has 0 bridgehead atoms. The zero-order valence-electron chi connectivity index (χ0n) is 17.8. The Kier molecular flexibility index (Phi) is 9.13. The molecule has 0 saturated carbocycles. The van der Waals surface area contributed by atoms with Crippen molar-refractivity contribution in [1.82, 2.24) is 9.55 Å². The van der Waals surface area contributed by atoms with Crippen LogP contribution >= 0.6 is 7.82 Å². The molecule has 33 heavy (non-hydrogen) atoms. The Bertz CT molecular complexity index is 920. The van der Waals surface area contributed by atoms with Crippen LogP contribution < -0.4 is 11.4 Å². The molecule has 0 aromatic carbocycles. The van der Waals surface area contributed by atoms with E-state index in [4.69, 9.17) is 24.0 Å². The van der Waals surface area contributed by atoms with Crippen LogP contribution in [-0.2, 0) is 41.8 Å². The van der Waals surface area contributed by atoms with Crippen LogP contribution in [0.25, 0.3) is 0 Å². The smallest absolute Gasteiger partial charge is 0.438 e. The minimum atomic E-state index is -4.54. The maximum Gasteiger partial charge on any atom is 0.510 e. The quantitative estimate of drug-likeness (QED) is 0.277. The molecule has 1 fully saturated rings. The summed E-state index contributed by atoms with van der Waals surface area (Å²) in [6.45, 7) is -0.967. The number of rotatable bonds is 10. The van der Waals surface area contributed by atoms with Gasteiger partial charge in [0.1, 0.15) is 12.0 Å². The fourth-order valence-corrected chi connectivity index (χ4v) is 3.61. The predicted molar refractivity (Wildman–Crippen MR) is 103 cm³/mol. The van der Waals surface area contributed by atoms with Crippen molar-refractivity contribution in [1.29, 1.82) is 0 Å². The Morgan fingerprint density at radius 3 is 2.33 bits per heavy atom. The molecule has 2 rings (SSSR count). The Hall–Kier alpha value is -2.78. The van der Waals surface area contributed by atoms with E-state index < -0.39 is 64.0 Å². The second kappa shape index (κ2) is 11.4. The summed E-state index contributed by atoms with van der Waals surface area (Å²) in [4.78, 5) is 37.6. The SMILES string of the molecule is COC(=O)OCOP(=O)(OCOC(=O)OC)OC[C@]1(C)CC(F)C(n2ccc(N)nc2=O)O1. The maximum atomic E-state index is 14.7. The number of ether oxygens (including phenoxy) is 5. The zero-order valence-corrected chi connectivity index (χ0v) is 18.7. The molecule has 0 aliphatic carbocycles. The van der Waals surface area contributed by atoms with Gasteiger partial charge in [-0.1, -0.05) is 0 Å². The van der Waals surface area contributed by atoms with E-state index in [-0.39, 0.29) is 12.2 Å². The standard InChI is InChI=1S/C16H23FN3O12P/c1-16(6-10(17)12(32-16)20-5-4-11(18)19-13(20)21)7-29-33(24,30-8-27-14(22)25-2)31-9-28-15(23)26-3/h4-5,10,12H,6-9H2,1-3H3,(H2,18,19,21)/t10?,12?,16-/m0/s1. The van der Waals surface area contributed by atoms with Gasteiger partial charge in [-0.05, 0) is 13.0 Å². The van der Waals surface area contributed by atoms with Gasteiger partial charge in [-0.25, -0.2) is 32.4 Å². The number of anilines is 1. The highest BCUT2D eigenvalue weighted by Crippen LogP contribution is 2.51. The molecule has 3 atom stereocenters. The molecule has 0 radical (unpaired) electrons. The van der Waals surface area contributed by atoms with Gasteiger partial charge in [-0.3, -0.25) is 9.09 Å². The molecular formula is C16H23FN3O12P. The molecule has 1 aromatic heterocycles. The minimum Gasteiger partial charge on any atom is -0.438 e. The van der Waals surface area contributed by atoms with E-state index in [9.17, 15) is 23.3 Å². The summed E-state index contributed by atoms with van der Waals surface area (Å²) in [5.74, 6) is -0.0469. The number of aromatic nitrogens is 2. The lowest BCUT2D eigenvalue weighted by Crippen LogP contribution is -2.33. The van der Waals surface area contributed by atoms with Crippen molar-refractivity contribution in [3.63, 3.8) is 0 Å². The van der Waals surface area contributed by atoms with Crippen molar-refractivity contribution >= 4 is 26.0 Å². The highest BCUT2D eigenvalue weighted by atomic mass is 31.2. The Morgan fingerprint density at radius 1 is 1.24 bits per heavy atom. The van der Waals surface area contributed by atoms with Gasteiger partial charge in [0.2, 0.25) is 13.6 Å². The number of halogens is 1. The first-order chi connectivity index (χ1) is 15.5. The molecule has 15 nitrogen and oxygen atoms in total. The van der Waals surface area contributed by atoms with Crippen molar-refractivity contribution in [2.45, 2.75) is 31.3 Å². The van der Waals surface area contributed by atoms with Gasteiger partial charge >= 0.3 is 25.8 Å². The molecular weight excluding hydrogens is 476 g/mol. The third-order valence-electron chi connectivity index (χ3n) is 4.10. The lowest BCUT2D eigenvalue weighted by molar-refractivity contribution is -0.101. The Morgan fingerprint density at radius 2 is 1.82 bits per heavy atom. The minimum absolute atomic E-state index is 0.0469. The van der Waals surface area contributed by atoms with E-state index in [1.54, 1.807) is 0 Å². The molecule has 1 aromatic rings. The van der Waals surface area contributed by atoms with Gasteiger partial charge in [0.25, 0.3) is 0 Å². The van der Waals surface area contributed by atoms with E-state index in [1.807, 2.05) is 0 Å². The average molecular weight is 499 g/mol. The van der Waals surface area contributed by atoms with Gasteiger partial charge in [-0.15, -0.1) is 0 Å². The highest BCUT2D eigenvalue weighted by Gasteiger charge is 2.47. The van der Waals surface area contributed by atoms with Gasteiger partial charge in [0.15, 0.2) is 6.23 Å². The second-order valence-electron chi connectivity index (χ2n) is 6.63. The van der Waals surface area contributed by atoms with E-state index in [2.05, 4.69) is 23.9 Å². The maximum absolute atomic E-state index is 14.7. The third-order valence-corrected chi connectivity index (χ3v) is 5.39. The van der Waals surface area contributed by atoms with E-state index in [0.29, 0.717) is 0 Å². The normalized spacial score (nSPS) is 22.5. The van der Waals surface area contributed by atoms with Gasteiger partial charge in [0.05, 0.1) is 26.4 Å². The van der Waals surface area contributed by atoms with Gasteiger partial charge in [0, 0.05) is 12.6 Å². The number of phosphoric ester groups is 1. The van der Waals surface area contributed by atoms with Crippen molar-refractivity contribution in [3.05, 3.63) is 22.7 Å². The number of nitrogen functional groups attached to an aromatic ring is 1. The van der Waals surface area contributed by atoms with Crippen molar-refractivity contribution < 1.29 is 55.8 Å². The Labute approximate surface area is 186 Å². The van der Waals surface area contributed by atoms with E-state index in [1.165, 1.54) is 19.2 Å². The summed E-state index contributed by atoms with van der Waals surface area (Å²) in [5, 5.41) is 0.